The Bertz CT molecular complexity index is 1060. The van der Waals surface area contributed by atoms with Crippen LogP contribution in [0.1, 0.15) is 22.8 Å². The first-order valence-electron chi connectivity index (χ1n) is 10.4. The summed E-state index contributed by atoms with van der Waals surface area (Å²) >= 11 is 2.94. The monoisotopic (exact) mass is 470 g/mol. The minimum atomic E-state index is 0.0938. The topological polar surface area (TPSA) is 86.0 Å². The lowest BCUT2D eigenvalue weighted by Gasteiger charge is -2.26. The molecule has 1 aliphatic heterocycles. The quantitative estimate of drug-likeness (QED) is 0.384. The van der Waals surface area contributed by atoms with E-state index in [1.165, 1.54) is 29.1 Å². The molecule has 0 bridgehead atoms. The lowest BCUT2D eigenvalue weighted by molar-refractivity contribution is -0.132. The van der Waals surface area contributed by atoms with Crippen molar-refractivity contribution in [2.24, 2.45) is 0 Å². The molecule has 0 N–H and O–H groups in total. The number of hydrogen-bond donors (Lipinski definition) is 0. The fourth-order valence-electron chi connectivity index (χ4n) is 3.36. The fourth-order valence-corrected chi connectivity index (χ4v) is 5.09. The number of aromatic nitrogens is 5. The average molecular weight is 471 g/mol. The summed E-state index contributed by atoms with van der Waals surface area (Å²) in [5, 5.41) is 10.3. The van der Waals surface area contributed by atoms with E-state index in [2.05, 4.69) is 39.2 Å². The summed E-state index contributed by atoms with van der Waals surface area (Å²) in [5.74, 6) is 1.78. The van der Waals surface area contributed by atoms with E-state index in [0.717, 1.165) is 28.1 Å². The van der Waals surface area contributed by atoms with E-state index in [4.69, 9.17) is 4.74 Å². The van der Waals surface area contributed by atoms with Crippen molar-refractivity contribution in [2.45, 2.75) is 36.8 Å². The van der Waals surface area contributed by atoms with E-state index >= 15 is 0 Å². The van der Waals surface area contributed by atoms with E-state index in [1.807, 2.05) is 41.5 Å². The van der Waals surface area contributed by atoms with Gasteiger partial charge in [0.1, 0.15) is 5.82 Å². The molecule has 2 aromatic heterocycles. The first-order chi connectivity index (χ1) is 15.5. The summed E-state index contributed by atoms with van der Waals surface area (Å²) in [6.07, 6.45) is 0. The normalized spacial score (nSPS) is 14.0. The van der Waals surface area contributed by atoms with Crippen LogP contribution in [-0.4, -0.2) is 67.6 Å². The van der Waals surface area contributed by atoms with Crippen LogP contribution in [0.25, 0.3) is 5.69 Å². The molecule has 10 heteroatoms. The van der Waals surface area contributed by atoms with E-state index < -0.39 is 0 Å². The number of morpholine rings is 1. The molecule has 0 unspecified atom stereocenters. The van der Waals surface area contributed by atoms with E-state index in [1.54, 1.807) is 0 Å². The molecular weight excluding hydrogens is 444 g/mol. The molecule has 4 rings (SSSR count). The van der Waals surface area contributed by atoms with Crippen molar-refractivity contribution < 1.29 is 9.53 Å². The Labute approximate surface area is 196 Å². The summed E-state index contributed by atoms with van der Waals surface area (Å²) in [4.78, 5) is 23.5. The molecule has 1 amide bonds. The molecule has 168 valence electrons. The summed E-state index contributed by atoms with van der Waals surface area (Å²) in [7, 11) is 0. The molecule has 1 fully saturated rings. The van der Waals surface area contributed by atoms with Gasteiger partial charge in [-0.05, 0) is 39.0 Å². The number of carbonyl (C=O) groups is 1. The molecule has 32 heavy (non-hydrogen) atoms. The number of nitrogens with zero attached hydrogens (tertiary/aromatic N) is 6. The maximum absolute atomic E-state index is 12.6. The van der Waals surface area contributed by atoms with Crippen molar-refractivity contribution in [1.82, 2.24) is 29.6 Å². The third kappa shape index (κ3) is 5.67. The molecule has 1 aliphatic rings. The van der Waals surface area contributed by atoms with Gasteiger partial charge in [0.25, 0.3) is 0 Å². The van der Waals surface area contributed by atoms with Gasteiger partial charge < -0.3 is 9.64 Å². The number of ether oxygens (including phenoxy) is 1. The van der Waals surface area contributed by atoms with Crippen LogP contribution in [0.5, 0.6) is 0 Å². The number of carbonyl (C=O) groups excluding carboxylic acids is 1. The zero-order valence-electron chi connectivity index (χ0n) is 18.4. The number of aryl methyl sites for hydroxylation is 3. The minimum absolute atomic E-state index is 0.0938. The van der Waals surface area contributed by atoms with Crippen LogP contribution in [0, 0.1) is 20.8 Å². The number of rotatable bonds is 7. The van der Waals surface area contributed by atoms with Gasteiger partial charge in [-0.25, -0.2) is 9.97 Å². The fraction of sp³-hybridized carbons (Fsp3) is 0.409. The first-order valence-corrected chi connectivity index (χ1v) is 12.4. The molecule has 0 radical (unpaired) electrons. The number of amides is 1. The third-order valence-corrected chi connectivity index (χ3v) is 6.73. The minimum Gasteiger partial charge on any atom is -0.378 e. The maximum atomic E-state index is 12.6. The molecule has 1 aromatic carbocycles. The van der Waals surface area contributed by atoms with Gasteiger partial charge in [0.2, 0.25) is 5.91 Å². The number of hydrogen-bond acceptors (Lipinski definition) is 8. The highest BCUT2D eigenvalue weighted by Crippen LogP contribution is 2.27. The molecule has 3 heterocycles. The number of thioether (sulfide) groups is 2. The molecule has 0 spiro atoms. The largest absolute Gasteiger partial charge is 0.378 e. The standard InChI is InChI=1S/C22H26N6O2S2/c1-15-4-6-18(7-5-15)28-19(13-31-21-23-16(2)12-17(3)24-21)25-26-22(28)32-14-20(29)27-8-10-30-11-9-27/h4-7,12H,8-11,13-14H2,1-3H3. The van der Waals surface area contributed by atoms with Gasteiger partial charge in [0.15, 0.2) is 10.3 Å². The molecular formula is C22H26N6O2S2. The van der Waals surface area contributed by atoms with Gasteiger partial charge in [0, 0.05) is 30.2 Å². The average Bonchev–Trinajstić information content (AvgIpc) is 3.19. The van der Waals surface area contributed by atoms with Crippen LogP contribution >= 0.6 is 23.5 Å². The van der Waals surface area contributed by atoms with Crippen molar-refractivity contribution in [3.63, 3.8) is 0 Å². The van der Waals surface area contributed by atoms with Gasteiger partial charge in [-0.1, -0.05) is 41.2 Å². The Morgan fingerprint density at radius 2 is 1.69 bits per heavy atom. The predicted octanol–water partition coefficient (Wildman–Crippen LogP) is 3.23. The van der Waals surface area contributed by atoms with Crippen molar-refractivity contribution >= 4 is 29.4 Å². The predicted molar refractivity (Wildman–Crippen MR) is 125 cm³/mol. The Kier molecular flexibility index (Phi) is 7.44. The summed E-state index contributed by atoms with van der Waals surface area (Å²) in [6, 6.07) is 10.2. The molecule has 3 aromatic rings. The summed E-state index contributed by atoms with van der Waals surface area (Å²) < 4.78 is 7.36. The van der Waals surface area contributed by atoms with Crippen LogP contribution in [0.3, 0.4) is 0 Å². The van der Waals surface area contributed by atoms with E-state index in [0.29, 0.717) is 43.0 Å². The molecule has 1 saturated heterocycles. The molecule has 0 atom stereocenters. The SMILES string of the molecule is Cc1ccc(-n2c(CSc3nc(C)cc(C)n3)nnc2SCC(=O)N2CCOCC2)cc1. The summed E-state index contributed by atoms with van der Waals surface area (Å²) in [5.41, 5.74) is 4.03. The Morgan fingerprint density at radius 3 is 2.38 bits per heavy atom. The third-order valence-electron chi connectivity index (χ3n) is 4.97. The second-order valence-electron chi connectivity index (χ2n) is 7.57. The van der Waals surface area contributed by atoms with Crippen LogP contribution in [0.15, 0.2) is 40.6 Å². The molecule has 8 nitrogen and oxygen atoms in total. The highest BCUT2D eigenvalue weighted by atomic mass is 32.2. The van der Waals surface area contributed by atoms with Crippen LogP contribution in [0.2, 0.25) is 0 Å². The first kappa shape index (κ1) is 22.8. The van der Waals surface area contributed by atoms with Crippen LogP contribution < -0.4 is 0 Å². The van der Waals surface area contributed by atoms with Crippen molar-refractivity contribution in [3.8, 4) is 5.69 Å². The van der Waals surface area contributed by atoms with Crippen LogP contribution in [-0.2, 0) is 15.3 Å². The van der Waals surface area contributed by atoms with Gasteiger partial charge >= 0.3 is 0 Å². The zero-order valence-corrected chi connectivity index (χ0v) is 20.1. The Balaban J connectivity index is 1.54. The van der Waals surface area contributed by atoms with Gasteiger partial charge in [0.05, 0.1) is 24.7 Å². The molecule has 0 saturated carbocycles. The van der Waals surface area contributed by atoms with Crippen LogP contribution in [0.4, 0.5) is 0 Å². The Morgan fingerprint density at radius 1 is 1.00 bits per heavy atom. The zero-order chi connectivity index (χ0) is 22.5. The van der Waals surface area contributed by atoms with E-state index in [9.17, 15) is 4.79 Å². The van der Waals surface area contributed by atoms with Gasteiger partial charge in [-0.3, -0.25) is 9.36 Å². The second-order valence-corrected chi connectivity index (χ2v) is 9.46. The smallest absolute Gasteiger partial charge is 0.233 e. The number of benzene rings is 1. The summed E-state index contributed by atoms with van der Waals surface area (Å²) in [6.45, 7) is 8.46. The Hall–Kier alpha value is -2.43. The van der Waals surface area contributed by atoms with Crippen molar-refractivity contribution in [3.05, 3.63) is 53.1 Å². The lowest BCUT2D eigenvalue weighted by Crippen LogP contribution is -2.41. The van der Waals surface area contributed by atoms with E-state index in [-0.39, 0.29) is 5.91 Å². The van der Waals surface area contributed by atoms with Crippen molar-refractivity contribution in [1.29, 1.82) is 0 Å². The van der Waals surface area contributed by atoms with Crippen molar-refractivity contribution in [2.75, 3.05) is 32.1 Å². The molecule has 0 aliphatic carbocycles. The second kappa shape index (κ2) is 10.5. The lowest BCUT2D eigenvalue weighted by atomic mass is 10.2. The van der Waals surface area contributed by atoms with Gasteiger partial charge in [-0.2, -0.15) is 0 Å². The maximum Gasteiger partial charge on any atom is 0.233 e. The van der Waals surface area contributed by atoms with Gasteiger partial charge in [-0.15, -0.1) is 10.2 Å². The highest BCUT2D eigenvalue weighted by Gasteiger charge is 2.20. The highest BCUT2D eigenvalue weighted by molar-refractivity contribution is 7.99.